The van der Waals surface area contributed by atoms with Crippen molar-refractivity contribution in [1.29, 1.82) is 0 Å². The normalized spacial score (nSPS) is 14.3. The Balaban J connectivity index is 5.87. The van der Waals surface area contributed by atoms with Crippen LogP contribution < -0.4 is 0 Å². The number of esters is 4. The molecule has 0 bridgehead atoms. The fourth-order valence-corrected chi connectivity index (χ4v) is 37.1. The molecule has 0 saturated carbocycles. The SMILES string of the molecule is CCCCOC(=O)C[CH2][Sn]([S]CC(=O)OCC(CC)CCCC)([S]CC(=O)OCC(CC)CCCC)[S]CC(=O)OCC(CC)CCCC. The summed E-state index contributed by atoms with van der Waals surface area (Å²) < 4.78 is 23.2. The van der Waals surface area contributed by atoms with E-state index in [1.54, 1.807) is 0 Å². The zero-order valence-electron chi connectivity index (χ0n) is 32.0. The summed E-state index contributed by atoms with van der Waals surface area (Å²) in [5.41, 5.74) is 0. The average molecular weight is 858 g/mol. The van der Waals surface area contributed by atoms with E-state index >= 15 is 0 Å². The van der Waals surface area contributed by atoms with Gasteiger partial charge in [-0.1, -0.05) is 0 Å². The Morgan fingerprint density at radius 1 is 0.490 bits per heavy atom. The van der Waals surface area contributed by atoms with E-state index in [1.807, 2.05) is 6.92 Å². The average Bonchev–Trinajstić information content (AvgIpc) is 3.11. The van der Waals surface area contributed by atoms with Gasteiger partial charge in [-0.05, 0) is 0 Å². The molecular weight excluding hydrogens is 787 g/mol. The molecule has 0 radical (unpaired) electrons. The Hall–Kier alpha value is -0.271. The summed E-state index contributed by atoms with van der Waals surface area (Å²) in [6.45, 7) is 16.4. The molecule has 0 aliphatic carbocycles. The van der Waals surface area contributed by atoms with Crippen LogP contribution in [0.25, 0.3) is 0 Å². The van der Waals surface area contributed by atoms with Crippen LogP contribution in [0.2, 0.25) is 4.44 Å². The molecule has 0 aromatic carbocycles. The zero-order valence-corrected chi connectivity index (χ0v) is 37.3. The van der Waals surface area contributed by atoms with Crippen molar-refractivity contribution in [3.8, 4) is 0 Å². The number of carbonyl (C=O) groups is 4. The molecule has 0 aromatic heterocycles. The third-order valence-corrected chi connectivity index (χ3v) is 47.0. The molecule has 0 amide bonds. The number of hydrogen-bond donors (Lipinski definition) is 0. The predicted octanol–water partition coefficient (Wildman–Crippen LogP) is 10.1. The molecule has 0 aliphatic rings. The quantitative estimate of drug-likeness (QED) is 0.0273. The molecule has 49 heavy (non-hydrogen) atoms. The summed E-state index contributed by atoms with van der Waals surface area (Å²) >= 11 is -3.79. The standard InChI is InChI=1S/3C10H20O2S.C7H13O2.Sn/c3*1-3-5-6-9(4-2)7-12-10(11)8-13;1-3-5-6-9-7(8)4-2;/h3*9,13H,3-8H2,1-2H3;2-6H2,1H3;/q;;;;+3/p-3. The van der Waals surface area contributed by atoms with Gasteiger partial charge < -0.3 is 0 Å². The van der Waals surface area contributed by atoms with E-state index in [0.717, 1.165) is 89.9 Å². The first kappa shape index (κ1) is 48.7. The molecule has 0 heterocycles. The fourth-order valence-electron chi connectivity index (χ4n) is 4.96. The molecule has 3 unspecified atom stereocenters. The van der Waals surface area contributed by atoms with Crippen LogP contribution in [0, 0.1) is 17.8 Å². The van der Waals surface area contributed by atoms with E-state index in [2.05, 4.69) is 41.5 Å². The number of ether oxygens (including phenoxy) is 4. The number of hydrogen-bond acceptors (Lipinski definition) is 11. The van der Waals surface area contributed by atoms with Crippen LogP contribution in [-0.4, -0.2) is 81.8 Å². The molecule has 288 valence electrons. The Morgan fingerprint density at radius 3 is 1.14 bits per heavy atom. The summed E-state index contributed by atoms with van der Waals surface area (Å²) in [4.78, 5) is 52.0. The predicted molar refractivity (Wildman–Crippen MR) is 211 cm³/mol. The van der Waals surface area contributed by atoms with Crippen LogP contribution in [0.5, 0.6) is 0 Å². The topological polar surface area (TPSA) is 105 Å². The van der Waals surface area contributed by atoms with E-state index in [4.69, 9.17) is 18.9 Å². The van der Waals surface area contributed by atoms with Crippen molar-refractivity contribution in [2.75, 3.05) is 43.7 Å². The first-order valence-corrected chi connectivity index (χ1v) is 34.6. The molecule has 0 spiro atoms. The van der Waals surface area contributed by atoms with Crippen molar-refractivity contribution in [1.82, 2.24) is 0 Å². The summed E-state index contributed by atoms with van der Waals surface area (Å²) in [7, 11) is 4.58. The first-order valence-electron chi connectivity index (χ1n) is 19.2. The van der Waals surface area contributed by atoms with Gasteiger partial charge in [0.1, 0.15) is 0 Å². The second-order valence-electron chi connectivity index (χ2n) is 12.9. The second kappa shape index (κ2) is 32.4. The van der Waals surface area contributed by atoms with E-state index < -0.39 is 14.2 Å². The minimum atomic E-state index is -3.79. The second-order valence-corrected chi connectivity index (χ2v) is 46.6. The molecule has 0 aliphatic heterocycles. The van der Waals surface area contributed by atoms with Gasteiger partial charge in [0.05, 0.1) is 0 Å². The molecule has 0 fully saturated rings. The molecule has 0 saturated heterocycles. The summed E-state index contributed by atoms with van der Waals surface area (Å²) in [6, 6.07) is 0. The zero-order chi connectivity index (χ0) is 36.8. The number of unbranched alkanes of at least 4 members (excludes halogenated alkanes) is 4. The van der Waals surface area contributed by atoms with Crippen LogP contribution >= 0.6 is 26.8 Å². The monoisotopic (exact) mass is 858 g/mol. The Morgan fingerprint density at radius 2 is 0.837 bits per heavy atom. The Labute approximate surface area is 311 Å². The maximum atomic E-state index is 13.1. The third-order valence-electron chi connectivity index (χ3n) is 8.70. The van der Waals surface area contributed by atoms with E-state index in [1.165, 1.54) is 26.8 Å². The van der Waals surface area contributed by atoms with Gasteiger partial charge in [0.25, 0.3) is 0 Å². The molecule has 0 N–H and O–H groups in total. The van der Waals surface area contributed by atoms with Crippen molar-refractivity contribution in [3.05, 3.63) is 0 Å². The van der Waals surface area contributed by atoms with E-state index in [0.29, 0.717) is 48.6 Å². The van der Waals surface area contributed by atoms with Crippen LogP contribution in [0.1, 0.15) is 145 Å². The van der Waals surface area contributed by atoms with Gasteiger partial charge in [-0.15, -0.1) is 0 Å². The molecule has 12 heteroatoms. The van der Waals surface area contributed by atoms with Gasteiger partial charge in [-0.3, -0.25) is 0 Å². The summed E-state index contributed by atoms with van der Waals surface area (Å²) in [5, 5.41) is 0. The summed E-state index contributed by atoms with van der Waals surface area (Å²) in [6.07, 6.45) is 14.5. The van der Waals surface area contributed by atoms with Crippen LogP contribution in [0.15, 0.2) is 0 Å². The van der Waals surface area contributed by atoms with Crippen molar-refractivity contribution < 1.29 is 38.1 Å². The summed E-state index contributed by atoms with van der Waals surface area (Å²) in [5.74, 6) is 0.223. The van der Waals surface area contributed by atoms with Crippen molar-refractivity contribution >= 4 is 64.9 Å². The minimum absolute atomic E-state index is 0.124. The molecular formula is C37H70O8S3Sn. The van der Waals surface area contributed by atoms with Gasteiger partial charge >= 0.3 is 314 Å². The maximum absolute atomic E-state index is 13.1. The molecule has 0 aromatic rings. The molecule has 0 rings (SSSR count). The Bertz CT molecular complexity index is 790. The third kappa shape index (κ3) is 26.2. The van der Waals surface area contributed by atoms with Crippen LogP contribution in [0.3, 0.4) is 0 Å². The van der Waals surface area contributed by atoms with E-state index in [9.17, 15) is 19.2 Å². The number of rotatable bonds is 33. The van der Waals surface area contributed by atoms with Crippen molar-refractivity contribution in [2.45, 2.75) is 149 Å². The van der Waals surface area contributed by atoms with Gasteiger partial charge in [-0.2, -0.15) is 0 Å². The van der Waals surface area contributed by atoms with Gasteiger partial charge in [-0.25, -0.2) is 0 Å². The molecule has 8 nitrogen and oxygen atoms in total. The van der Waals surface area contributed by atoms with Gasteiger partial charge in [0.2, 0.25) is 0 Å². The first-order chi connectivity index (χ1) is 23.6. The van der Waals surface area contributed by atoms with E-state index in [-0.39, 0.29) is 47.6 Å². The molecule has 3 atom stereocenters. The van der Waals surface area contributed by atoms with Crippen molar-refractivity contribution in [3.63, 3.8) is 0 Å². The van der Waals surface area contributed by atoms with Gasteiger partial charge in [0, 0.05) is 0 Å². The van der Waals surface area contributed by atoms with Crippen LogP contribution in [0.4, 0.5) is 0 Å². The Kier molecular flexibility index (Phi) is 32.2. The van der Waals surface area contributed by atoms with Crippen LogP contribution in [-0.2, 0) is 38.1 Å². The van der Waals surface area contributed by atoms with Crippen molar-refractivity contribution in [2.24, 2.45) is 17.8 Å². The van der Waals surface area contributed by atoms with Gasteiger partial charge in [0.15, 0.2) is 0 Å². The fraction of sp³-hybridized carbons (Fsp3) is 0.892. The number of carbonyl (C=O) groups excluding carboxylic acids is 4.